The lowest BCUT2D eigenvalue weighted by Gasteiger charge is -2.30. The summed E-state index contributed by atoms with van der Waals surface area (Å²) in [6.07, 6.45) is 4.91. The fourth-order valence-electron chi connectivity index (χ4n) is 2.60. The molecule has 2 bridgehead atoms. The van der Waals surface area contributed by atoms with Crippen molar-refractivity contribution >= 4 is 0 Å². The van der Waals surface area contributed by atoms with Gasteiger partial charge in [0.05, 0.1) is 25.4 Å². The molecule has 0 radical (unpaired) electrons. The molecule has 2 fully saturated rings. The minimum atomic E-state index is -0.129. The molecule has 15 heavy (non-hydrogen) atoms. The van der Waals surface area contributed by atoms with E-state index < -0.39 is 0 Å². The van der Waals surface area contributed by atoms with Crippen molar-refractivity contribution in [1.82, 2.24) is 0 Å². The highest BCUT2D eigenvalue weighted by Gasteiger charge is 2.49. The minimum absolute atomic E-state index is 0.129. The molecule has 0 aliphatic carbocycles. The first-order valence-electron chi connectivity index (χ1n) is 5.75. The highest BCUT2D eigenvalue weighted by atomic mass is 16.5. The van der Waals surface area contributed by atoms with Crippen molar-refractivity contribution in [2.45, 2.75) is 43.4 Å². The van der Waals surface area contributed by atoms with E-state index in [-0.39, 0.29) is 11.6 Å². The highest BCUT2D eigenvalue weighted by molar-refractivity contribution is 5.04. The van der Waals surface area contributed by atoms with Gasteiger partial charge in [-0.15, -0.1) is 0 Å². The first kappa shape index (κ1) is 11.3. The van der Waals surface area contributed by atoms with Crippen LogP contribution >= 0.6 is 0 Å². The lowest BCUT2D eigenvalue weighted by molar-refractivity contribution is 0.0459. The van der Waals surface area contributed by atoms with Crippen molar-refractivity contribution in [3.8, 4) is 0 Å². The quantitative estimate of drug-likeness (QED) is 0.662. The van der Waals surface area contributed by atoms with Crippen molar-refractivity contribution < 1.29 is 14.2 Å². The maximum atomic E-state index is 6.32. The lowest BCUT2D eigenvalue weighted by atomic mass is 9.80. The standard InChI is InChI=1S/C11H21NO3/c1-13-6-7-14-5-4-11(12)8-9-2-3-10(11)15-9/h9-10H,2-8,12H2,1H3. The van der Waals surface area contributed by atoms with E-state index in [0.717, 1.165) is 19.3 Å². The Kier molecular flexibility index (Phi) is 3.61. The second-order valence-electron chi connectivity index (χ2n) is 4.62. The number of fused-ring (bicyclic) bond motifs is 2. The molecule has 0 spiro atoms. The molecule has 4 nitrogen and oxygen atoms in total. The maximum absolute atomic E-state index is 6.32. The summed E-state index contributed by atoms with van der Waals surface area (Å²) in [5.41, 5.74) is 6.19. The zero-order valence-corrected chi connectivity index (χ0v) is 9.41. The van der Waals surface area contributed by atoms with Crippen LogP contribution in [0.4, 0.5) is 0 Å². The summed E-state index contributed by atoms with van der Waals surface area (Å²) < 4.78 is 16.1. The van der Waals surface area contributed by atoms with Gasteiger partial charge in [0.2, 0.25) is 0 Å². The number of methoxy groups -OCH3 is 1. The Balaban J connectivity index is 1.66. The van der Waals surface area contributed by atoms with Gasteiger partial charge < -0.3 is 19.9 Å². The topological polar surface area (TPSA) is 53.7 Å². The van der Waals surface area contributed by atoms with Gasteiger partial charge in [-0.3, -0.25) is 0 Å². The van der Waals surface area contributed by atoms with Gasteiger partial charge in [0.1, 0.15) is 0 Å². The monoisotopic (exact) mass is 215 g/mol. The van der Waals surface area contributed by atoms with Crippen LogP contribution in [0.5, 0.6) is 0 Å². The van der Waals surface area contributed by atoms with Crippen molar-refractivity contribution in [2.24, 2.45) is 5.73 Å². The van der Waals surface area contributed by atoms with E-state index in [1.807, 2.05) is 0 Å². The minimum Gasteiger partial charge on any atom is -0.382 e. The highest BCUT2D eigenvalue weighted by Crippen LogP contribution is 2.41. The summed E-state index contributed by atoms with van der Waals surface area (Å²) >= 11 is 0. The van der Waals surface area contributed by atoms with E-state index in [9.17, 15) is 0 Å². The Morgan fingerprint density at radius 1 is 1.33 bits per heavy atom. The van der Waals surface area contributed by atoms with E-state index in [1.54, 1.807) is 7.11 Å². The van der Waals surface area contributed by atoms with Crippen LogP contribution in [0.2, 0.25) is 0 Å². The molecule has 2 aliphatic rings. The molecule has 0 aromatic carbocycles. The zero-order chi connectivity index (χ0) is 10.7. The summed E-state index contributed by atoms with van der Waals surface area (Å²) in [6, 6.07) is 0. The van der Waals surface area contributed by atoms with Crippen molar-refractivity contribution in [3.63, 3.8) is 0 Å². The molecular formula is C11H21NO3. The van der Waals surface area contributed by atoms with Crippen LogP contribution in [0, 0.1) is 0 Å². The fraction of sp³-hybridized carbons (Fsp3) is 1.00. The number of hydrogen-bond donors (Lipinski definition) is 1. The summed E-state index contributed by atoms with van der Waals surface area (Å²) in [6.45, 7) is 2.02. The average Bonchev–Trinajstić information content (AvgIpc) is 2.77. The van der Waals surface area contributed by atoms with Crippen LogP contribution in [0.25, 0.3) is 0 Å². The molecule has 2 heterocycles. The van der Waals surface area contributed by atoms with E-state index >= 15 is 0 Å². The summed E-state index contributed by atoms with van der Waals surface area (Å²) in [5, 5.41) is 0. The Bertz CT molecular complexity index is 212. The average molecular weight is 215 g/mol. The third kappa shape index (κ3) is 2.50. The molecule has 0 amide bonds. The summed E-state index contributed by atoms with van der Waals surface area (Å²) in [4.78, 5) is 0. The molecule has 2 saturated heterocycles. The summed E-state index contributed by atoms with van der Waals surface area (Å²) in [7, 11) is 1.68. The molecule has 2 N–H and O–H groups in total. The van der Waals surface area contributed by atoms with Crippen LogP contribution in [0.1, 0.15) is 25.7 Å². The molecule has 0 aromatic heterocycles. The van der Waals surface area contributed by atoms with Crippen molar-refractivity contribution in [3.05, 3.63) is 0 Å². The molecule has 3 unspecified atom stereocenters. The van der Waals surface area contributed by atoms with Gasteiger partial charge in [0.15, 0.2) is 0 Å². The molecule has 0 aromatic rings. The molecule has 3 atom stereocenters. The Labute approximate surface area is 91.1 Å². The number of nitrogens with two attached hydrogens (primary N) is 1. The number of hydrogen-bond acceptors (Lipinski definition) is 4. The molecule has 0 saturated carbocycles. The van der Waals surface area contributed by atoms with E-state index in [1.165, 1.54) is 6.42 Å². The van der Waals surface area contributed by atoms with Crippen LogP contribution in [-0.4, -0.2) is 44.7 Å². The predicted molar refractivity (Wildman–Crippen MR) is 56.7 cm³/mol. The van der Waals surface area contributed by atoms with Crippen LogP contribution in [-0.2, 0) is 14.2 Å². The lowest BCUT2D eigenvalue weighted by Crippen LogP contribution is -2.49. The molecule has 2 aliphatic heterocycles. The van der Waals surface area contributed by atoms with Crippen LogP contribution < -0.4 is 5.73 Å². The van der Waals surface area contributed by atoms with E-state index in [2.05, 4.69) is 0 Å². The first-order valence-corrected chi connectivity index (χ1v) is 5.75. The predicted octanol–water partition coefficient (Wildman–Crippen LogP) is 0.688. The molecule has 2 rings (SSSR count). The molecular weight excluding hydrogens is 194 g/mol. The second kappa shape index (κ2) is 4.78. The fourth-order valence-corrected chi connectivity index (χ4v) is 2.60. The van der Waals surface area contributed by atoms with Gasteiger partial charge in [-0.1, -0.05) is 0 Å². The van der Waals surface area contributed by atoms with Gasteiger partial charge in [-0.05, 0) is 25.7 Å². The van der Waals surface area contributed by atoms with Gasteiger partial charge in [0, 0.05) is 19.3 Å². The zero-order valence-electron chi connectivity index (χ0n) is 9.41. The summed E-state index contributed by atoms with van der Waals surface area (Å²) in [5.74, 6) is 0. The molecule has 4 heteroatoms. The second-order valence-corrected chi connectivity index (χ2v) is 4.62. The largest absolute Gasteiger partial charge is 0.382 e. The SMILES string of the molecule is COCCOCCC1(N)CC2CCC1O2. The number of ether oxygens (including phenoxy) is 3. The normalized spacial score (nSPS) is 38.8. The van der Waals surface area contributed by atoms with Gasteiger partial charge in [-0.25, -0.2) is 0 Å². The number of rotatable bonds is 6. The molecule has 88 valence electrons. The Morgan fingerprint density at radius 2 is 2.20 bits per heavy atom. The maximum Gasteiger partial charge on any atom is 0.0761 e. The Hall–Kier alpha value is -0.160. The Morgan fingerprint density at radius 3 is 2.80 bits per heavy atom. The van der Waals surface area contributed by atoms with Gasteiger partial charge in [-0.2, -0.15) is 0 Å². The first-order chi connectivity index (χ1) is 7.24. The van der Waals surface area contributed by atoms with Crippen molar-refractivity contribution in [1.29, 1.82) is 0 Å². The smallest absolute Gasteiger partial charge is 0.0761 e. The van der Waals surface area contributed by atoms with Crippen LogP contribution in [0.3, 0.4) is 0 Å². The van der Waals surface area contributed by atoms with Gasteiger partial charge >= 0.3 is 0 Å². The van der Waals surface area contributed by atoms with Crippen LogP contribution in [0.15, 0.2) is 0 Å². The van der Waals surface area contributed by atoms with Crippen molar-refractivity contribution in [2.75, 3.05) is 26.9 Å². The van der Waals surface area contributed by atoms with Gasteiger partial charge in [0.25, 0.3) is 0 Å². The van der Waals surface area contributed by atoms with E-state index in [4.69, 9.17) is 19.9 Å². The third-order valence-electron chi connectivity index (χ3n) is 3.50. The van der Waals surface area contributed by atoms with E-state index in [0.29, 0.717) is 25.9 Å². The third-order valence-corrected chi connectivity index (χ3v) is 3.50.